The lowest BCUT2D eigenvalue weighted by Gasteiger charge is -2.29. The molecule has 0 unspecified atom stereocenters. The molecule has 0 aromatic heterocycles. The standard InChI is InChI=1S/C15H18N2O4S/c18-13(9-22-10-15(20)21)16-8-14(19)17-7-3-5-11-4-1-2-6-12(11)17/h1-2,4,6H,3,5,7-10H2,(H,16,18)(H,20,21). The number of rotatable bonds is 6. The van der Waals surface area contributed by atoms with Gasteiger partial charge in [0.25, 0.3) is 0 Å². The quantitative estimate of drug-likeness (QED) is 0.812. The van der Waals surface area contributed by atoms with Crippen molar-refractivity contribution in [2.45, 2.75) is 12.8 Å². The summed E-state index contributed by atoms with van der Waals surface area (Å²) in [6.07, 6.45) is 1.86. The van der Waals surface area contributed by atoms with E-state index in [9.17, 15) is 14.4 Å². The first kappa shape index (κ1) is 16.4. The number of anilines is 1. The van der Waals surface area contributed by atoms with Gasteiger partial charge in [-0.05, 0) is 24.5 Å². The van der Waals surface area contributed by atoms with Crippen molar-refractivity contribution in [3.05, 3.63) is 29.8 Å². The molecule has 6 nitrogen and oxygen atoms in total. The van der Waals surface area contributed by atoms with Gasteiger partial charge in [-0.25, -0.2) is 0 Å². The van der Waals surface area contributed by atoms with E-state index in [0.29, 0.717) is 6.54 Å². The molecule has 1 aliphatic heterocycles. The SMILES string of the molecule is O=C(O)CSCC(=O)NCC(=O)N1CCCc2ccccc21. The Bertz CT molecular complexity index is 576. The predicted molar refractivity (Wildman–Crippen MR) is 85.1 cm³/mol. The van der Waals surface area contributed by atoms with Gasteiger partial charge in [0.05, 0.1) is 18.1 Å². The molecule has 0 saturated carbocycles. The van der Waals surface area contributed by atoms with Gasteiger partial charge in [-0.15, -0.1) is 11.8 Å². The number of amides is 2. The number of carboxylic acids is 1. The fourth-order valence-electron chi connectivity index (χ4n) is 2.34. The third-order valence-corrected chi connectivity index (χ3v) is 4.22. The molecule has 0 radical (unpaired) electrons. The van der Waals surface area contributed by atoms with E-state index in [-0.39, 0.29) is 29.9 Å². The van der Waals surface area contributed by atoms with Crippen LogP contribution >= 0.6 is 11.8 Å². The lowest BCUT2D eigenvalue weighted by Crippen LogP contribution is -2.43. The first-order chi connectivity index (χ1) is 10.6. The Morgan fingerprint density at radius 2 is 2.00 bits per heavy atom. The second kappa shape index (κ2) is 7.84. The normalized spacial score (nSPS) is 13.4. The molecule has 2 amide bonds. The van der Waals surface area contributed by atoms with E-state index in [2.05, 4.69) is 5.32 Å². The number of aryl methyl sites for hydroxylation is 1. The maximum atomic E-state index is 12.3. The number of aliphatic carboxylic acids is 1. The minimum absolute atomic E-state index is 0.0379. The van der Waals surface area contributed by atoms with E-state index < -0.39 is 5.97 Å². The predicted octanol–water partition coefficient (Wildman–Crippen LogP) is 0.900. The zero-order valence-electron chi connectivity index (χ0n) is 12.1. The van der Waals surface area contributed by atoms with Crippen molar-refractivity contribution in [1.29, 1.82) is 0 Å². The fraction of sp³-hybridized carbons (Fsp3) is 0.400. The molecule has 118 valence electrons. The first-order valence-corrected chi connectivity index (χ1v) is 8.18. The number of carbonyl (C=O) groups is 3. The molecule has 1 aliphatic rings. The van der Waals surface area contributed by atoms with E-state index in [1.54, 1.807) is 4.90 Å². The van der Waals surface area contributed by atoms with Gasteiger partial charge in [0, 0.05) is 12.2 Å². The molecule has 0 aliphatic carbocycles. The number of para-hydroxylation sites is 1. The summed E-state index contributed by atoms with van der Waals surface area (Å²) >= 11 is 1.01. The number of benzene rings is 1. The van der Waals surface area contributed by atoms with Crippen LogP contribution in [0.25, 0.3) is 0 Å². The second-order valence-corrected chi connectivity index (χ2v) is 5.93. The van der Waals surface area contributed by atoms with Crippen molar-refractivity contribution in [2.24, 2.45) is 0 Å². The minimum Gasteiger partial charge on any atom is -0.481 e. The Morgan fingerprint density at radius 1 is 1.23 bits per heavy atom. The second-order valence-electron chi connectivity index (χ2n) is 4.94. The molecule has 0 fully saturated rings. The Kier molecular flexibility index (Phi) is 5.83. The number of nitrogens with one attached hydrogen (secondary N) is 1. The van der Waals surface area contributed by atoms with Crippen molar-refractivity contribution in [3.63, 3.8) is 0 Å². The Balaban J connectivity index is 1.83. The molecule has 1 aromatic carbocycles. The van der Waals surface area contributed by atoms with Crippen LogP contribution in [0.5, 0.6) is 0 Å². The van der Waals surface area contributed by atoms with Gasteiger partial charge >= 0.3 is 5.97 Å². The largest absolute Gasteiger partial charge is 0.481 e. The molecule has 22 heavy (non-hydrogen) atoms. The number of hydrogen-bond acceptors (Lipinski definition) is 4. The lowest BCUT2D eigenvalue weighted by molar-refractivity contribution is -0.133. The third-order valence-electron chi connectivity index (χ3n) is 3.31. The molecule has 1 heterocycles. The maximum Gasteiger partial charge on any atom is 0.313 e. The Labute approximate surface area is 132 Å². The molecular formula is C15H18N2O4S. The summed E-state index contributed by atoms with van der Waals surface area (Å²) in [4.78, 5) is 35.9. The monoisotopic (exact) mass is 322 g/mol. The molecule has 2 rings (SSSR count). The number of carbonyl (C=O) groups excluding carboxylic acids is 2. The van der Waals surface area contributed by atoms with Gasteiger partial charge in [0.15, 0.2) is 0 Å². The number of carboxylic acid groups (broad SMARTS) is 1. The van der Waals surface area contributed by atoms with Crippen molar-refractivity contribution in [1.82, 2.24) is 5.32 Å². The van der Waals surface area contributed by atoms with E-state index in [0.717, 1.165) is 35.9 Å². The van der Waals surface area contributed by atoms with Crippen LogP contribution in [0.2, 0.25) is 0 Å². The maximum absolute atomic E-state index is 12.3. The smallest absolute Gasteiger partial charge is 0.313 e. The molecule has 1 aromatic rings. The number of thioether (sulfide) groups is 1. The number of fused-ring (bicyclic) bond motifs is 1. The van der Waals surface area contributed by atoms with Gasteiger partial charge in [-0.1, -0.05) is 18.2 Å². The summed E-state index contributed by atoms with van der Waals surface area (Å²) < 4.78 is 0. The van der Waals surface area contributed by atoms with Crippen LogP contribution in [0.15, 0.2) is 24.3 Å². The van der Waals surface area contributed by atoms with Crippen LogP contribution < -0.4 is 10.2 Å². The van der Waals surface area contributed by atoms with Crippen molar-refractivity contribution in [3.8, 4) is 0 Å². The Hall–Kier alpha value is -2.02. The Morgan fingerprint density at radius 3 is 2.77 bits per heavy atom. The van der Waals surface area contributed by atoms with E-state index in [1.165, 1.54) is 0 Å². The summed E-state index contributed by atoms with van der Waals surface area (Å²) in [5, 5.41) is 11.0. The van der Waals surface area contributed by atoms with Crippen LogP contribution in [-0.2, 0) is 20.8 Å². The highest BCUT2D eigenvalue weighted by Gasteiger charge is 2.22. The van der Waals surface area contributed by atoms with Gasteiger partial charge in [0.1, 0.15) is 0 Å². The van der Waals surface area contributed by atoms with Gasteiger partial charge in [-0.3, -0.25) is 14.4 Å². The summed E-state index contributed by atoms with van der Waals surface area (Å²) in [7, 11) is 0. The lowest BCUT2D eigenvalue weighted by atomic mass is 10.0. The third kappa shape index (κ3) is 4.49. The highest BCUT2D eigenvalue weighted by atomic mass is 32.2. The highest BCUT2D eigenvalue weighted by Crippen LogP contribution is 2.26. The molecular weight excluding hydrogens is 304 g/mol. The van der Waals surface area contributed by atoms with Crippen LogP contribution in [-0.4, -0.2) is 47.5 Å². The van der Waals surface area contributed by atoms with E-state index in [1.807, 2.05) is 24.3 Å². The van der Waals surface area contributed by atoms with Crippen LogP contribution in [0.1, 0.15) is 12.0 Å². The fourth-order valence-corrected chi connectivity index (χ4v) is 2.91. The highest BCUT2D eigenvalue weighted by molar-refractivity contribution is 8.00. The molecule has 7 heteroatoms. The summed E-state index contributed by atoms with van der Waals surface area (Å²) in [6.45, 7) is 0.584. The average molecular weight is 322 g/mol. The van der Waals surface area contributed by atoms with E-state index in [4.69, 9.17) is 5.11 Å². The zero-order chi connectivity index (χ0) is 15.9. The molecule has 0 atom stereocenters. The van der Waals surface area contributed by atoms with Crippen molar-refractivity contribution >= 4 is 35.2 Å². The van der Waals surface area contributed by atoms with E-state index >= 15 is 0 Å². The summed E-state index contributed by atoms with van der Waals surface area (Å²) in [5.74, 6) is -1.52. The number of hydrogen-bond donors (Lipinski definition) is 2. The topological polar surface area (TPSA) is 86.7 Å². The average Bonchev–Trinajstić information content (AvgIpc) is 2.51. The first-order valence-electron chi connectivity index (χ1n) is 7.02. The van der Waals surface area contributed by atoms with Crippen LogP contribution in [0.4, 0.5) is 5.69 Å². The van der Waals surface area contributed by atoms with Gasteiger partial charge in [0.2, 0.25) is 11.8 Å². The summed E-state index contributed by atoms with van der Waals surface area (Å²) in [6, 6.07) is 7.77. The minimum atomic E-state index is -0.959. The zero-order valence-corrected chi connectivity index (χ0v) is 12.9. The van der Waals surface area contributed by atoms with Gasteiger partial charge < -0.3 is 15.3 Å². The van der Waals surface area contributed by atoms with Crippen molar-refractivity contribution < 1.29 is 19.5 Å². The summed E-state index contributed by atoms with van der Waals surface area (Å²) in [5.41, 5.74) is 2.05. The van der Waals surface area contributed by atoms with Crippen LogP contribution in [0.3, 0.4) is 0 Å². The molecule has 0 bridgehead atoms. The molecule has 0 spiro atoms. The molecule has 2 N–H and O–H groups in total. The number of nitrogens with zero attached hydrogens (tertiary/aromatic N) is 1. The molecule has 0 saturated heterocycles. The van der Waals surface area contributed by atoms with Crippen LogP contribution in [0, 0.1) is 0 Å². The van der Waals surface area contributed by atoms with Crippen molar-refractivity contribution in [2.75, 3.05) is 29.5 Å². The van der Waals surface area contributed by atoms with Gasteiger partial charge in [-0.2, -0.15) is 0 Å².